The van der Waals surface area contributed by atoms with Gasteiger partial charge in [0.25, 0.3) is 0 Å². The first-order valence-corrected chi connectivity index (χ1v) is 14.7. The van der Waals surface area contributed by atoms with Crippen LogP contribution in [0.1, 0.15) is 21.2 Å². The van der Waals surface area contributed by atoms with E-state index in [1.54, 1.807) is 72.8 Å². The Morgan fingerprint density at radius 1 is 0.927 bits per heavy atom. The van der Waals surface area contributed by atoms with Crippen molar-refractivity contribution < 1.29 is 32.2 Å². The second-order valence-corrected chi connectivity index (χ2v) is 12.0. The Bertz CT molecular complexity index is 1900. The highest BCUT2D eigenvalue weighted by Crippen LogP contribution is 2.41. The lowest BCUT2D eigenvalue weighted by atomic mass is 10.1. The zero-order valence-corrected chi connectivity index (χ0v) is 24.0. The number of hydrogen-bond donors (Lipinski definition) is 1. The third-order valence-electron chi connectivity index (χ3n) is 6.58. The minimum atomic E-state index is -4.33. The van der Waals surface area contributed by atoms with Gasteiger partial charge in [0.05, 0.1) is 37.3 Å². The van der Waals surface area contributed by atoms with Crippen molar-refractivity contribution in [2.45, 2.75) is 15.2 Å². The summed E-state index contributed by atoms with van der Waals surface area (Å²) in [5, 5.41) is -1.18. The molecular weight excluding hydrogens is 564 g/mol. The number of ether oxygens (including phenoxy) is 3. The van der Waals surface area contributed by atoms with Crippen LogP contribution in [-0.4, -0.2) is 46.2 Å². The molecule has 0 aliphatic carbocycles. The minimum Gasteiger partial charge on any atom is -0.497 e. The van der Waals surface area contributed by atoms with Crippen LogP contribution in [0.5, 0.6) is 11.5 Å². The van der Waals surface area contributed by atoms with Gasteiger partial charge in [-0.05, 0) is 53.6 Å². The van der Waals surface area contributed by atoms with Gasteiger partial charge in [0, 0.05) is 5.22 Å². The van der Waals surface area contributed by atoms with Gasteiger partial charge in [0.15, 0.2) is 5.03 Å². The van der Waals surface area contributed by atoms with E-state index in [2.05, 4.69) is 0 Å². The molecule has 1 aliphatic rings. The van der Waals surface area contributed by atoms with Crippen molar-refractivity contribution in [3.05, 3.63) is 101 Å². The Labute approximate surface area is 240 Å². The fourth-order valence-electron chi connectivity index (χ4n) is 4.63. The summed E-state index contributed by atoms with van der Waals surface area (Å²) in [5.41, 5.74) is 7.57. The van der Waals surface area contributed by atoms with Gasteiger partial charge in [-0.3, -0.25) is 9.36 Å². The lowest BCUT2D eigenvalue weighted by Crippen LogP contribution is -2.42. The summed E-state index contributed by atoms with van der Waals surface area (Å²) >= 11 is 0.969. The molecular formula is C30H26N2O7S2. The van der Waals surface area contributed by atoms with E-state index in [0.717, 1.165) is 16.3 Å². The van der Waals surface area contributed by atoms with Crippen molar-refractivity contribution in [1.29, 1.82) is 0 Å². The van der Waals surface area contributed by atoms with Gasteiger partial charge in [-0.15, -0.1) is 0 Å². The number of sulfone groups is 1. The minimum absolute atomic E-state index is 0.0373. The molecule has 0 unspecified atom stereocenters. The fourth-order valence-corrected chi connectivity index (χ4v) is 7.41. The molecule has 1 aromatic heterocycles. The van der Waals surface area contributed by atoms with Crippen LogP contribution < -0.4 is 25.8 Å². The number of nitrogens with zero attached hydrogens (tertiary/aromatic N) is 1. The van der Waals surface area contributed by atoms with Crippen LogP contribution in [0.2, 0.25) is 0 Å². The molecule has 4 aromatic rings. The number of methoxy groups -OCH3 is 3. The van der Waals surface area contributed by atoms with Gasteiger partial charge in [0.1, 0.15) is 21.7 Å². The number of carbonyl (C=O) groups excluding carboxylic acids is 2. The van der Waals surface area contributed by atoms with Gasteiger partial charge < -0.3 is 19.9 Å². The molecule has 11 heteroatoms. The number of rotatable bonds is 7. The maximum absolute atomic E-state index is 14.3. The Hall–Kier alpha value is -4.48. The highest BCUT2D eigenvalue weighted by atomic mass is 32.2. The Kier molecular flexibility index (Phi) is 7.65. The zero-order valence-electron chi connectivity index (χ0n) is 22.4. The standard InChI is InChI=1S/C30H26N2O7S2/c1-37-20-11-7-9-18(15-20)16-23-24(31)29(41(35,36)22-13-5-4-6-14-22)32-25(23)27(30(34)39-3)40-26(28(32)33)19-10-8-12-21(17-19)38-2/h4-17,26H,31H2,1-3H3/b23-16+/t26-/m0/s1. The number of thioether (sulfide) groups is 1. The van der Waals surface area contributed by atoms with Crippen molar-refractivity contribution in [3.8, 4) is 11.5 Å². The Morgan fingerprint density at radius 2 is 1.59 bits per heavy atom. The van der Waals surface area contributed by atoms with E-state index in [4.69, 9.17) is 19.9 Å². The van der Waals surface area contributed by atoms with Gasteiger partial charge in [0.2, 0.25) is 15.7 Å². The van der Waals surface area contributed by atoms with Crippen LogP contribution in [0.3, 0.4) is 0 Å². The molecule has 0 spiro atoms. The normalized spacial score (nSPS) is 15.4. The second-order valence-electron chi connectivity index (χ2n) is 8.99. The average molecular weight is 591 g/mol. The summed E-state index contributed by atoms with van der Waals surface area (Å²) in [5.74, 6) is -0.267. The van der Waals surface area contributed by atoms with E-state index in [1.165, 1.54) is 33.5 Å². The highest BCUT2D eigenvalue weighted by molar-refractivity contribution is 8.10. The van der Waals surface area contributed by atoms with E-state index < -0.39 is 32.0 Å². The summed E-state index contributed by atoms with van der Waals surface area (Å²) in [7, 11) is -0.0905. The molecule has 0 fully saturated rings. The molecule has 0 saturated carbocycles. The quantitative estimate of drug-likeness (QED) is 0.323. The SMILES string of the molecule is COC(=O)C1=c2/c(=C/c3cccc(OC)c3)c(N)c(S(=O)(=O)c3ccccc3)n2C(=O)[C@H](c2cccc(OC)c2)S1. The van der Waals surface area contributed by atoms with Crippen molar-refractivity contribution in [1.82, 2.24) is 4.57 Å². The molecule has 41 heavy (non-hydrogen) atoms. The largest absolute Gasteiger partial charge is 0.497 e. The molecule has 2 N–H and O–H groups in total. The average Bonchev–Trinajstić information content (AvgIpc) is 3.30. The number of aromatic nitrogens is 1. The number of nitrogen functional groups attached to an aromatic ring is 1. The van der Waals surface area contributed by atoms with Gasteiger partial charge >= 0.3 is 5.97 Å². The van der Waals surface area contributed by atoms with E-state index in [-0.39, 0.29) is 26.1 Å². The van der Waals surface area contributed by atoms with Crippen LogP contribution in [0.25, 0.3) is 11.0 Å². The van der Waals surface area contributed by atoms with Crippen molar-refractivity contribution >= 4 is 50.1 Å². The van der Waals surface area contributed by atoms with E-state index >= 15 is 0 Å². The molecule has 5 rings (SSSR count). The van der Waals surface area contributed by atoms with E-state index in [0.29, 0.717) is 22.6 Å². The molecule has 3 aromatic carbocycles. The molecule has 9 nitrogen and oxygen atoms in total. The molecule has 210 valence electrons. The fraction of sp³-hybridized carbons (Fsp3) is 0.133. The third kappa shape index (κ3) is 4.98. The number of carbonyl (C=O) groups is 2. The number of fused-ring (bicyclic) bond motifs is 1. The third-order valence-corrected chi connectivity index (χ3v) is 9.69. The first-order chi connectivity index (χ1) is 19.7. The van der Waals surface area contributed by atoms with E-state index in [1.807, 2.05) is 0 Å². The van der Waals surface area contributed by atoms with Crippen molar-refractivity contribution in [3.63, 3.8) is 0 Å². The predicted octanol–water partition coefficient (Wildman–Crippen LogP) is 3.16. The van der Waals surface area contributed by atoms with Crippen LogP contribution in [-0.2, 0) is 19.4 Å². The van der Waals surface area contributed by atoms with Crippen LogP contribution in [0.15, 0.2) is 88.8 Å². The topological polar surface area (TPSA) is 127 Å². The maximum atomic E-state index is 14.3. The molecule has 0 saturated heterocycles. The summed E-state index contributed by atoms with van der Waals surface area (Å²) in [6.45, 7) is 0. The van der Waals surface area contributed by atoms with Gasteiger partial charge in [-0.2, -0.15) is 0 Å². The summed E-state index contributed by atoms with van der Waals surface area (Å²) in [6, 6.07) is 21.5. The summed E-state index contributed by atoms with van der Waals surface area (Å²) in [6.07, 6.45) is 1.62. The smallest absolute Gasteiger partial charge is 0.346 e. The number of nitrogens with two attached hydrogens (primary N) is 1. The first kappa shape index (κ1) is 28.1. The number of anilines is 1. The summed E-state index contributed by atoms with van der Waals surface area (Å²) in [4.78, 5) is 27.5. The van der Waals surface area contributed by atoms with Crippen LogP contribution in [0, 0.1) is 0 Å². The zero-order chi connectivity index (χ0) is 29.3. The highest BCUT2D eigenvalue weighted by Gasteiger charge is 2.40. The van der Waals surface area contributed by atoms with Crippen LogP contribution >= 0.6 is 11.8 Å². The van der Waals surface area contributed by atoms with Crippen molar-refractivity contribution in [2.75, 3.05) is 27.1 Å². The molecule has 0 bridgehead atoms. The number of benzene rings is 3. The van der Waals surface area contributed by atoms with Crippen LogP contribution in [0.4, 0.5) is 5.69 Å². The molecule has 1 aliphatic heterocycles. The number of hydrogen-bond acceptors (Lipinski definition) is 9. The molecule has 1 atom stereocenters. The molecule has 0 amide bonds. The maximum Gasteiger partial charge on any atom is 0.346 e. The van der Waals surface area contributed by atoms with Gasteiger partial charge in [-0.25, -0.2) is 13.2 Å². The Morgan fingerprint density at radius 3 is 2.24 bits per heavy atom. The summed E-state index contributed by atoms with van der Waals surface area (Å²) < 4.78 is 45.0. The molecule has 0 radical (unpaired) electrons. The lowest BCUT2D eigenvalue weighted by molar-refractivity contribution is -0.133. The van der Waals surface area contributed by atoms with Crippen molar-refractivity contribution in [2.24, 2.45) is 0 Å². The lowest BCUT2D eigenvalue weighted by Gasteiger charge is -2.24. The second kappa shape index (κ2) is 11.2. The van der Waals surface area contributed by atoms with E-state index in [9.17, 15) is 18.0 Å². The first-order valence-electron chi connectivity index (χ1n) is 12.3. The predicted molar refractivity (Wildman–Crippen MR) is 156 cm³/mol. The number of esters is 1. The Balaban J connectivity index is 1.91. The molecule has 2 heterocycles. The monoisotopic (exact) mass is 590 g/mol. The van der Waals surface area contributed by atoms with Gasteiger partial charge in [-0.1, -0.05) is 54.2 Å².